The van der Waals surface area contributed by atoms with Gasteiger partial charge in [-0.25, -0.2) is 4.98 Å². The molecule has 0 aliphatic carbocycles. The van der Waals surface area contributed by atoms with E-state index in [1.807, 2.05) is 0 Å². The van der Waals surface area contributed by atoms with E-state index in [0.29, 0.717) is 5.56 Å². The highest BCUT2D eigenvalue weighted by molar-refractivity contribution is 5.59. The predicted octanol–water partition coefficient (Wildman–Crippen LogP) is 0.901. The summed E-state index contributed by atoms with van der Waals surface area (Å²) in [4.78, 5) is 39.5. The summed E-state index contributed by atoms with van der Waals surface area (Å²) in [5.41, 5.74) is -1.20. The van der Waals surface area contributed by atoms with Gasteiger partial charge < -0.3 is 0 Å². The number of aromatic amines is 1. The maximum Gasteiger partial charge on any atom is 0.354 e. The first kappa shape index (κ1) is 13.4. The summed E-state index contributed by atoms with van der Waals surface area (Å²) in [7, 11) is 0. The second kappa shape index (κ2) is 4.73. The van der Waals surface area contributed by atoms with Gasteiger partial charge in [0.1, 0.15) is 6.20 Å². The Morgan fingerprint density at radius 3 is 2.36 bits per heavy atom. The van der Waals surface area contributed by atoms with Crippen LogP contribution in [0.3, 0.4) is 0 Å². The molecular formula is C11H6N6O5. The molecule has 0 aliphatic rings. The molecule has 0 spiro atoms. The molecule has 3 aromatic rings. The van der Waals surface area contributed by atoms with Gasteiger partial charge in [-0.05, 0) is 12.1 Å². The number of rotatable bonds is 3. The first-order valence-corrected chi connectivity index (χ1v) is 5.84. The lowest BCUT2D eigenvalue weighted by Gasteiger charge is -1.95. The van der Waals surface area contributed by atoms with Gasteiger partial charge in [-0.3, -0.25) is 30.1 Å². The summed E-state index contributed by atoms with van der Waals surface area (Å²) < 4.78 is 0.842. The molecule has 0 saturated carbocycles. The van der Waals surface area contributed by atoms with Gasteiger partial charge in [-0.15, -0.1) is 0 Å². The van der Waals surface area contributed by atoms with E-state index >= 15 is 0 Å². The van der Waals surface area contributed by atoms with Crippen LogP contribution in [-0.2, 0) is 0 Å². The van der Waals surface area contributed by atoms with Crippen molar-refractivity contribution in [3.8, 4) is 11.4 Å². The Morgan fingerprint density at radius 1 is 1.09 bits per heavy atom. The summed E-state index contributed by atoms with van der Waals surface area (Å²) in [6.07, 6.45) is 0.831. The first-order chi connectivity index (χ1) is 10.5. The molecule has 11 heteroatoms. The number of hydrogen-bond acceptors (Lipinski definition) is 7. The number of H-pyrrole nitrogens is 1. The van der Waals surface area contributed by atoms with Crippen LogP contribution in [0.2, 0.25) is 0 Å². The molecule has 0 atom stereocenters. The number of nitro groups is 2. The second-order valence-electron chi connectivity index (χ2n) is 4.22. The number of fused-ring (bicyclic) bond motifs is 1. The number of hydrogen-bond donors (Lipinski definition) is 1. The standard InChI is InChI=1S/C11H6N6O5/c18-10-8(17(21)22)5-12-11-13-9(14-15(10)11)6-1-3-7(4-2-6)16(19)20/h1-5H,(H,12,13,14). The lowest BCUT2D eigenvalue weighted by molar-refractivity contribution is -0.386. The van der Waals surface area contributed by atoms with E-state index in [1.165, 1.54) is 24.3 Å². The maximum absolute atomic E-state index is 11.9. The minimum atomic E-state index is -0.893. The molecule has 0 bridgehead atoms. The number of nitro benzene ring substituents is 1. The van der Waals surface area contributed by atoms with Crippen LogP contribution in [0.25, 0.3) is 17.2 Å². The summed E-state index contributed by atoms with van der Waals surface area (Å²) in [5.74, 6) is 0.170. The summed E-state index contributed by atoms with van der Waals surface area (Å²) in [6.45, 7) is 0. The van der Waals surface area contributed by atoms with E-state index in [4.69, 9.17) is 0 Å². The van der Waals surface area contributed by atoms with Crippen molar-refractivity contribution in [2.75, 3.05) is 0 Å². The summed E-state index contributed by atoms with van der Waals surface area (Å²) in [6, 6.07) is 5.44. The summed E-state index contributed by atoms with van der Waals surface area (Å²) >= 11 is 0. The van der Waals surface area contributed by atoms with Crippen molar-refractivity contribution in [1.82, 2.24) is 19.6 Å². The van der Waals surface area contributed by atoms with Gasteiger partial charge in [-0.1, -0.05) is 0 Å². The number of nitrogens with one attached hydrogen (secondary N) is 1. The Kier molecular flexibility index (Phi) is 2.87. The van der Waals surface area contributed by atoms with Crippen LogP contribution in [0.4, 0.5) is 11.4 Å². The van der Waals surface area contributed by atoms with Crippen LogP contribution in [0.5, 0.6) is 0 Å². The lowest BCUT2D eigenvalue weighted by Crippen LogP contribution is -2.18. The fraction of sp³-hybridized carbons (Fsp3) is 0. The van der Waals surface area contributed by atoms with Crippen LogP contribution in [0.15, 0.2) is 35.3 Å². The van der Waals surface area contributed by atoms with E-state index in [0.717, 1.165) is 10.7 Å². The highest BCUT2D eigenvalue weighted by Crippen LogP contribution is 2.19. The number of non-ortho nitro benzene ring substituents is 1. The van der Waals surface area contributed by atoms with Crippen LogP contribution < -0.4 is 5.56 Å². The molecule has 3 rings (SSSR count). The zero-order chi connectivity index (χ0) is 15.9. The van der Waals surface area contributed by atoms with Crippen LogP contribution >= 0.6 is 0 Å². The number of benzene rings is 1. The Morgan fingerprint density at radius 2 is 1.77 bits per heavy atom. The van der Waals surface area contributed by atoms with Gasteiger partial charge in [0.05, 0.1) is 9.85 Å². The SMILES string of the molecule is O=c1c([N+](=O)[O-])cnc2nc(-c3ccc([N+](=O)[O-])cc3)[nH]n12. The van der Waals surface area contributed by atoms with Crippen molar-refractivity contribution < 1.29 is 9.85 Å². The third-order valence-electron chi connectivity index (χ3n) is 2.90. The predicted molar refractivity (Wildman–Crippen MR) is 72.4 cm³/mol. The van der Waals surface area contributed by atoms with Crippen molar-refractivity contribution in [1.29, 1.82) is 0 Å². The van der Waals surface area contributed by atoms with Crippen molar-refractivity contribution in [2.45, 2.75) is 0 Å². The molecule has 0 amide bonds. The molecule has 22 heavy (non-hydrogen) atoms. The zero-order valence-corrected chi connectivity index (χ0v) is 10.7. The van der Waals surface area contributed by atoms with Crippen LogP contribution in [0.1, 0.15) is 0 Å². The van der Waals surface area contributed by atoms with E-state index < -0.39 is 21.1 Å². The quantitative estimate of drug-likeness (QED) is 0.557. The molecule has 0 fully saturated rings. The highest BCUT2D eigenvalue weighted by Gasteiger charge is 2.18. The second-order valence-corrected chi connectivity index (χ2v) is 4.22. The third-order valence-corrected chi connectivity index (χ3v) is 2.90. The van der Waals surface area contributed by atoms with Gasteiger partial charge in [0.25, 0.3) is 11.5 Å². The molecule has 0 radical (unpaired) electrons. The van der Waals surface area contributed by atoms with Gasteiger partial charge >= 0.3 is 11.2 Å². The minimum Gasteiger partial charge on any atom is -0.271 e. The minimum absolute atomic E-state index is 0.0380. The third kappa shape index (κ3) is 2.06. The van der Waals surface area contributed by atoms with Gasteiger partial charge in [-0.2, -0.15) is 9.50 Å². The fourth-order valence-electron chi connectivity index (χ4n) is 1.84. The molecule has 0 saturated heterocycles. The smallest absolute Gasteiger partial charge is 0.271 e. The average molecular weight is 302 g/mol. The Hall–Kier alpha value is -3.63. The normalized spacial score (nSPS) is 10.7. The molecule has 1 aromatic carbocycles. The molecule has 2 aromatic heterocycles. The Bertz CT molecular complexity index is 957. The molecule has 0 aliphatic heterocycles. The van der Waals surface area contributed by atoms with Gasteiger partial charge in [0.15, 0.2) is 5.82 Å². The molecule has 110 valence electrons. The van der Waals surface area contributed by atoms with Crippen molar-refractivity contribution in [2.24, 2.45) is 0 Å². The Balaban J connectivity index is 2.12. The average Bonchev–Trinajstić information content (AvgIpc) is 2.92. The van der Waals surface area contributed by atoms with Crippen molar-refractivity contribution in [3.05, 3.63) is 61.0 Å². The highest BCUT2D eigenvalue weighted by atomic mass is 16.6. The number of aromatic nitrogens is 4. The Labute approximate surface area is 120 Å². The molecular weight excluding hydrogens is 296 g/mol. The maximum atomic E-state index is 11.9. The molecule has 1 N–H and O–H groups in total. The summed E-state index contributed by atoms with van der Waals surface area (Å²) in [5, 5.41) is 23.9. The van der Waals surface area contributed by atoms with E-state index in [9.17, 15) is 25.0 Å². The fourth-order valence-corrected chi connectivity index (χ4v) is 1.84. The van der Waals surface area contributed by atoms with E-state index in [2.05, 4.69) is 15.1 Å². The first-order valence-electron chi connectivity index (χ1n) is 5.84. The van der Waals surface area contributed by atoms with Gasteiger partial charge in [0, 0.05) is 17.7 Å². The van der Waals surface area contributed by atoms with Crippen LogP contribution in [-0.4, -0.2) is 29.4 Å². The molecule has 0 unspecified atom stereocenters. The van der Waals surface area contributed by atoms with Gasteiger partial charge in [0.2, 0.25) is 0 Å². The van der Waals surface area contributed by atoms with Crippen molar-refractivity contribution in [3.63, 3.8) is 0 Å². The number of nitrogens with zero attached hydrogens (tertiary/aromatic N) is 5. The zero-order valence-electron chi connectivity index (χ0n) is 10.7. The van der Waals surface area contributed by atoms with Crippen LogP contribution in [0, 0.1) is 20.2 Å². The largest absolute Gasteiger partial charge is 0.354 e. The molecule has 2 heterocycles. The van der Waals surface area contributed by atoms with E-state index in [-0.39, 0.29) is 17.3 Å². The van der Waals surface area contributed by atoms with Crippen molar-refractivity contribution >= 4 is 17.2 Å². The topological polar surface area (TPSA) is 149 Å². The monoisotopic (exact) mass is 302 g/mol. The lowest BCUT2D eigenvalue weighted by atomic mass is 10.2. The molecule has 11 nitrogen and oxygen atoms in total. The van der Waals surface area contributed by atoms with E-state index in [1.54, 1.807) is 0 Å².